The summed E-state index contributed by atoms with van der Waals surface area (Å²) in [5.41, 5.74) is 4.23. The van der Waals surface area contributed by atoms with Crippen LogP contribution in [0.1, 0.15) is 22.4 Å². The molecule has 4 heteroatoms. The minimum atomic E-state index is -0.463. The van der Waals surface area contributed by atoms with Crippen molar-refractivity contribution in [3.63, 3.8) is 0 Å². The lowest BCUT2D eigenvalue weighted by atomic mass is 9.77. The molecule has 0 aliphatic carbocycles. The fourth-order valence-corrected chi connectivity index (χ4v) is 3.85. The van der Waals surface area contributed by atoms with Gasteiger partial charge in [0, 0.05) is 12.4 Å². The molecule has 1 atom stereocenters. The maximum Gasteiger partial charge on any atom is 0.121 e. The van der Waals surface area contributed by atoms with Gasteiger partial charge in [-0.1, -0.05) is 91.0 Å². The number of rotatable bonds is 5. The summed E-state index contributed by atoms with van der Waals surface area (Å²) in [7, 11) is 2.76. The molecule has 0 radical (unpaired) electrons. The molecule has 0 N–H and O–H groups in total. The fourth-order valence-electron chi connectivity index (χ4n) is 3.64. The zero-order valence-electron chi connectivity index (χ0n) is 14.9. The van der Waals surface area contributed by atoms with Crippen LogP contribution in [-0.4, -0.2) is 9.55 Å². The Labute approximate surface area is 168 Å². The van der Waals surface area contributed by atoms with Crippen molar-refractivity contribution in [1.29, 1.82) is 0 Å². The van der Waals surface area contributed by atoms with Crippen LogP contribution in [-0.2, 0) is 11.7 Å². The molecule has 136 valence electrons. The second-order valence-electron chi connectivity index (χ2n) is 6.28. The van der Waals surface area contributed by atoms with Gasteiger partial charge in [0.15, 0.2) is 0 Å². The number of hydrogen-bond donors (Lipinski definition) is 0. The Morgan fingerprint density at radius 2 is 1.11 bits per heavy atom. The molecule has 1 unspecified atom stereocenters. The Morgan fingerprint density at radius 3 is 1.44 bits per heavy atom. The Kier molecular flexibility index (Phi) is 6.11. The minimum Gasteiger partial charge on any atom is -0.319 e. The van der Waals surface area contributed by atoms with Crippen molar-refractivity contribution >= 4 is 21.6 Å². The highest BCUT2D eigenvalue weighted by molar-refractivity contribution is 7.15. The SMILES string of the molecule is Cl.PCc1cn(C(c2ccccc2)(c2ccccc2)c2ccccc2)cn1. The van der Waals surface area contributed by atoms with Crippen LogP contribution in [0.5, 0.6) is 0 Å². The fraction of sp³-hybridized carbons (Fsp3) is 0.0870. The highest BCUT2D eigenvalue weighted by Gasteiger charge is 2.38. The van der Waals surface area contributed by atoms with Gasteiger partial charge >= 0.3 is 0 Å². The van der Waals surface area contributed by atoms with Crippen LogP contribution in [0, 0.1) is 0 Å². The van der Waals surface area contributed by atoms with E-state index >= 15 is 0 Å². The maximum atomic E-state index is 4.62. The number of hydrogen-bond acceptors (Lipinski definition) is 1. The largest absolute Gasteiger partial charge is 0.319 e. The Hall–Kier alpha value is -2.41. The van der Waals surface area contributed by atoms with E-state index in [1.807, 2.05) is 6.33 Å². The van der Waals surface area contributed by atoms with E-state index in [9.17, 15) is 0 Å². The highest BCUT2D eigenvalue weighted by Crippen LogP contribution is 2.40. The molecule has 0 fully saturated rings. The van der Waals surface area contributed by atoms with Gasteiger partial charge in [-0.15, -0.1) is 21.6 Å². The van der Waals surface area contributed by atoms with Crippen molar-refractivity contribution in [3.05, 3.63) is 126 Å². The predicted molar refractivity (Wildman–Crippen MR) is 117 cm³/mol. The van der Waals surface area contributed by atoms with E-state index in [1.165, 1.54) is 16.7 Å². The second-order valence-corrected chi connectivity index (χ2v) is 6.69. The summed E-state index contributed by atoms with van der Waals surface area (Å²) in [6.07, 6.45) is 4.94. The number of aromatic nitrogens is 2. The van der Waals surface area contributed by atoms with Crippen molar-refractivity contribution in [2.75, 3.05) is 0 Å². The lowest BCUT2D eigenvalue weighted by molar-refractivity contribution is 0.514. The molecule has 0 spiro atoms. The number of halogens is 1. The average Bonchev–Trinajstić information content (AvgIpc) is 3.21. The van der Waals surface area contributed by atoms with Crippen LogP contribution >= 0.6 is 21.6 Å². The molecule has 0 amide bonds. The summed E-state index contributed by atoms with van der Waals surface area (Å²) >= 11 is 0. The van der Waals surface area contributed by atoms with Crippen molar-refractivity contribution in [3.8, 4) is 0 Å². The van der Waals surface area contributed by atoms with Gasteiger partial charge in [0.05, 0.1) is 12.0 Å². The molecule has 27 heavy (non-hydrogen) atoms. The van der Waals surface area contributed by atoms with Gasteiger partial charge in [0.25, 0.3) is 0 Å². The van der Waals surface area contributed by atoms with Crippen molar-refractivity contribution < 1.29 is 0 Å². The molecule has 0 saturated carbocycles. The highest BCUT2D eigenvalue weighted by atomic mass is 35.5. The molecule has 1 aromatic heterocycles. The van der Waals surface area contributed by atoms with Crippen LogP contribution in [0.15, 0.2) is 104 Å². The van der Waals surface area contributed by atoms with Crippen molar-refractivity contribution in [2.24, 2.45) is 0 Å². The molecule has 2 nitrogen and oxygen atoms in total. The summed E-state index contributed by atoms with van der Waals surface area (Å²) in [6.45, 7) is 0. The molecule has 0 bridgehead atoms. The summed E-state index contributed by atoms with van der Waals surface area (Å²) < 4.78 is 2.24. The first-order valence-electron chi connectivity index (χ1n) is 8.75. The normalized spacial score (nSPS) is 11.0. The molecule has 4 rings (SSSR count). The van der Waals surface area contributed by atoms with Crippen LogP contribution < -0.4 is 0 Å². The average molecular weight is 393 g/mol. The maximum absolute atomic E-state index is 4.62. The first kappa shape index (κ1) is 19.4. The van der Waals surface area contributed by atoms with Crippen LogP contribution in [0.3, 0.4) is 0 Å². The number of benzene rings is 3. The number of nitrogens with zero attached hydrogens (tertiary/aromatic N) is 2. The predicted octanol–water partition coefficient (Wildman–Crippen LogP) is 5.52. The minimum absolute atomic E-state index is 0. The van der Waals surface area contributed by atoms with Gasteiger partial charge in [-0.3, -0.25) is 0 Å². The third-order valence-electron chi connectivity index (χ3n) is 4.81. The Morgan fingerprint density at radius 1 is 0.704 bits per heavy atom. The summed E-state index contributed by atoms with van der Waals surface area (Å²) in [5, 5.41) is 0. The van der Waals surface area contributed by atoms with E-state index in [4.69, 9.17) is 0 Å². The second kappa shape index (κ2) is 8.52. The molecular weight excluding hydrogens is 371 g/mol. The van der Waals surface area contributed by atoms with Gasteiger partial charge in [0.1, 0.15) is 5.54 Å². The van der Waals surface area contributed by atoms with Gasteiger partial charge in [-0.25, -0.2) is 4.98 Å². The lowest BCUT2D eigenvalue weighted by Crippen LogP contribution is -2.36. The number of imidazole rings is 1. The topological polar surface area (TPSA) is 17.8 Å². The van der Waals surface area contributed by atoms with Crippen molar-refractivity contribution in [1.82, 2.24) is 9.55 Å². The lowest BCUT2D eigenvalue weighted by Gasteiger charge is -2.37. The van der Waals surface area contributed by atoms with E-state index in [0.717, 1.165) is 11.9 Å². The molecule has 0 aliphatic rings. The Balaban J connectivity index is 0.00000210. The standard InChI is InChI=1S/C23H21N2P.ClH/c26-17-22-16-25(18-24-22)23(19-10-4-1-5-11-19,20-12-6-2-7-13-20)21-14-8-3-9-15-21;/h1-16,18H,17,26H2;1H. The van der Waals surface area contributed by atoms with Crippen LogP contribution in [0.2, 0.25) is 0 Å². The summed E-state index contributed by atoms with van der Waals surface area (Å²) in [6, 6.07) is 32.0. The van der Waals surface area contributed by atoms with E-state index in [-0.39, 0.29) is 12.4 Å². The molecule has 1 heterocycles. The van der Waals surface area contributed by atoms with Crippen LogP contribution in [0.4, 0.5) is 0 Å². The van der Waals surface area contributed by atoms with E-state index in [2.05, 4.69) is 116 Å². The van der Waals surface area contributed by atoms with E-state index in [1.54, 1.807) is 0 Å². The summed E-state index contributed by atoms with van der Waals surface area (Å²) in [4.78, 5) is 4.62. The molecule has 0 aliphatic heterocycles. The quantitative estimate of drug-likeness (QED) is 0.323. The van der Waals surface area contributed by atoms with Gasteiger partial charge in [-0.05, 0) is 16.7 Å². The summed E-state index contributed by atoms with van der Waals surface area (Å²) in [5.74, 6) is 0. The third kappa shape index (κ3) is 3.43. The first-order chi connectivity index (χ1) is 12.9. The van der Waals surface area contributed by atoms with Gasteiger partial charge in [-0.2, -0.15) is 0 Å². The van der Waals surface area contributed by atoms with Gasteiger partial charge in [0.2, 0.25) is 0 Å². The van der Waals surface area contributed by atoms with E-state index in [0.29, 0.717) is 0 Å². The van der Waals surface area contributed by atoms with E-state index < -0.39 is 5.54 Å². The van der Waals surface area contributed by atoms with Crippen molar-refractivity contribution in [2.45, 2.75) is 11.7 Å². The monoisotopic (exact) mass is 392 g/mol. The Bertz CT molecular complexity index is 872. The first-order valence-corrected chi connectivity index (χ1v) is 9.57. The van der Waals surface area contributed by atoms with Gasteiger partial charge < -0.3 is 4.57 Å². The molecule has 0 saturated heterocycles. The third-order valence-corrected chi connectivity index (χ3v) is 5.23. The zero-order valence-corrected chi connectivity index (χ0v) is 16.9. The van der Waals surface area contributed by atoms with Crippen LogP contribution in [0.25, 0.3) is 0 Å². The smallest absolute Gasteiger partial charge is 0.121 e. The zero-order chi connectivity index (χ0) is 17.8. The molecular formula is C23H22ClN2P. The molecule has 3 aromatic carbocycles. The molecule has 4 aromatic rings.